The van der Waals surface area contributed by atoms with Gasteiger partial charge in [-0.15, -0.1) is 0 Å². The van der Waals surface area contributed by atoms with E-state index in [1.807, 2.05) is 0 Å². The number of aryl methyl sites for hydroxylation is 2. The monoisotopic (exact) mass is 310 g/mol. The van der Waals surface area contributed by atoms with E-state index < -0.39 is 0 Å². The van der Waals surface area contributed by atoms with Crippen LogP contribution in [0.3, 0.4) is 0 Å². The number of benzene rings is 1. The Kier molecular flexibility index (Phi) is 3.18. The zero-order valence-electron chi connectivity index (χ0n) is 16.1. The highest BCUT2D eigenvalue weighted by Crippen LogP contribution is 2.67. The molecule has 0 heterocycles. The number of hydrogen-bond donors (Lipinski definition) is 0. The minimum absolute atomic E-state index is 0.422. The Morgan fingerprint density at radius 1 is 0.913 bits per heavy atom. The standard InChI is InChI=1S/C23H34/c1-15-12-16(2)20-17(13-15)14-19-22(5)10-7-9-21(3,4)18(22)8-11-23(19,20)6/h12-13,18-19H,7-11,14H2,1-6H3/t18-,19-,22-,23-/m0/s1. The van der Waals surface area contributed by atoms with Crippen molar-refractivity contribution < 1.29 is 0 Å². The van der Waals surface area contributed by atoms with Gasteiger partial charge >= 0.3 is 0 Å². The van der Waals surface area contributed by atoms with Gasteiger partial charge < -0.3 is 0 Å². The second-order valence-corrected chi connectivity index (χ2v) is 10.2. The van der Waals surface area contributed by atoms with Gasteiger partial charge in [0.15, 0.2) is 0 Å². The average Bonchev–Trinajstić information content (AvgIpc) is 2.71. The van der Waals surface area contributed by atoms with Gasteiger partial charge in [0.2, 0.25) is 0 Å². The highest BCUT2D eigenvalue weighted by molar-refractivity contribution is 5.49. The van der Waals surface area contributed by atoms with Crippen molar-refractivity contribution in [1.82, 2.24) is 0 Å². The summed E-state index contributed by atoms with van der Waals surface area (Å²) >= 11 is 0. The Morgan fingerprint density at radius 3 is 2.39 bits per heavy atom. The van der Waals surface area contributed by atoms with Gasteiger partial charge in [-0.2, -0.15) is 0 Å². The van der Waals surface area contributed by atoms with Gasteiger partial charge in [0, 0.05) is 0 Å². The minimum Gasteiger partial charge on any atom is -0.0596 e. The smallest absolute Gasteiger partial charge is 0.00331 e. The first-order chi connectivity index (χ1) is 10.7. The maximum Gasteiger partial charge on any atom is -0.00331 e. The summed E-state index contributed by atoms with van der Waals surface area (Å²) in [5, 5.41) is 0. The average molecular weight is 311 g/mol. The van der Waals surface area contributed by atoms with Crippen LogP contribution in [-0.4, -0.2) is 0 Å². The molecule has 0 saturated heterocycles. The predicted molar refractivity (Wildman–Crippen MR) is 98.9 cm³/mol. The zero-order valence-corrected chi connectivity index (χ0v) is 16.1. The Morgan fingerprint density at radius 2 is 1.65 bits per heavy atom. The largest absolute Gasteiger partial charge is 0.0596 e. The fraction of sp³-hybridized carbons (Fsp3) is 0.739. The quantitative estimate of drug-likeness (QED) is 0.523. The van der Waals surface area contributed by atoms with Crippen LogP contribution in [0.25, 0.3) is 0 Å². The molecule has 4 rings (SSSR count). The third-order valence-corrected chi connectivity index (χ3v) is 8.35. The van der Waals surface area contributed by atoms with E-state index >= 15 is 0 Å². The first-order valence-corrected chi connectivity index (χ1v) is 9.79. The Bertz CT molecular complexity index is 652. The van der Waals surface area contributed by atoms with Gasteiger partial charge in [-0.25, -0.2) is 0 Å². The van der Waals surface area contributed by atoms with Crippen LogP contribution in [0, 0.1) is 36.5 Å². The van der Waals surface area contributed by atoms with Gasteiger partial charge in [-0.1, -0.05) is 51.8 Å². The lowest BCUT2D eigenvalue weighted by molar-refractivity contribution is -0.0983. The van der Waals surface area contributed by atoms with Crippen LogP contribution < -0.4 is 0 Å². The van der Waals surface area contributed by atoms with Crippen LogP contribution >= 0.6 is 0 Å². The highest BCUT2D eigenvalue weighted by atomic mass is 14.6. The topological polar surface area (TPSA) is 0 Å². The summed E-state index contributed by atoms with van der Waals surface area (Å²) in [5.41, 5.74) is 7.92. The third-order valence-electron chi connectivity index (χ3n) is 8.35. The molecule has 0 aliphatic heterocycles. The molecule has 1 aromatic carbocycles. The number of fused-ring (bicyclic) bond motifs is 5. The summed E-state index contributed by atoms with van der Waals surface area (Å²) in [5.74, 6) is 1.77. The van der Waals surface area contributed by atoms with E-state index in [2.05, 4.69) is 53.7 Å². The van der Waals surface area contributed by atoms with Crippen molar-refractivity contribution in [3.05, 3.63) is 34.4 Å². The molecule has 0 heteroatoms. The van der Waals surface area contributed by atoms with E-state index in [1.54, 1.807) is 16.7 Å². The summed E-state index contributed by atoms with van der Waals surface area (Å²) in [7, 11) is 0. The van der Waals surface area contributed by atoms with Gasteiger partial charge in [0.1, 0.15) is 0 Å². The molecule has 2 fully saturated rings. The van der Waals surface area contributed by atoms with E-state index in [9.17, 15) is 0 Å². The zero-order chi connectivity index (χ0) is 16.6. The van der Waals surface area contributed by atoms with Crippen molar-refractivity contribution in [3.63, 3.8) is 0 Å². The Hall–Kier alpha value is -0.780. The third kappa shape index (κ3) is 1.96. The molecule has 0 bridgehead atoms. The van der Waals surface area contributed by atoms with E-state index in [4.69, 9.17) is 0 Å². The molecule has 3 aliphatic carbocycles. The summed E-state index contributed by atoms with van der Waals surface area (Å²) in [6, 6.07) is 4.92. The Labute approximate surface area is 143 Å². The molecule has 0 nitrogen and oxygen atoms in total. The van der Waals surface area contributed by atoms with Crippen LogP contribution in [-0.2, 0) is 11.8 Å². The molecule has 4 atom stereocenters. The maximum atomic E-state index is 2.66. The predicted octanol–water partition coefficient (Wildman–Crippen LogP) is 6.36. The van der Waals surface area contributed by atoms with Crippen molar-refractivity contribution in [2.45, 2.75) is 85.5 Å². The minimum atomic E-state index is 0.422. The van der Waals surface area contributed by atoms with Crippen molar-refractivity contribution in [2.24, 2.45) is 22.7 Å². The van der Waals surface area contributed by atoms with Crippen molar-refractivity contribution in [1.29, 1.82) is 0 Å². The van der Waals surface area contributed by atoms with Gasteiger partial charge in [-0.3, -0.25) is 0 Å². The van der Waals surface area contributed by atoms with E-state index in [1.165, 1.54) is 44.1 Å². The van der Waals surface area contributed by atoms with Crippen LogP contribution in [0.2, 0.25) is 0 Å². The fourth-order valence-electron chi connectivity index (χ4n) is 7.66. The molecular weight excluding hydrogens is 276 g/mol. The summed E-state index contributed by atoms with van der Waals surface area (Å²) < 4.78 is 0. The molecule has 23 heavy (non-hydrogen) atoms. The summed E-state index contributed by atoms with van der Waals surface area (Å²) in [6.45, 7) is 15.0. The summed E-state index contributed by atoms with van der Waals surface area (Å²) in [6.07, 6.45) is 8.48. The van der Waals surface area contributed by atoms with Gasteiger partial charge in [0.25, 0.3) is 0 Å². The fourth-order valence-corrected chi connectivity index (χ4v) is 7.66. The van der Waals surface area contributed by atoms with E-state index in [0.29, 0.717) is 16.2 Å². The van der Waals surface area contributed by atoms with Crippen LogP contribution in [0.15, 0.2) is 12.1 Å². The van der Waals surface area contributed by atoms with Gasteiger partial charge in [0.05, 0.1) is 0 Å². The lowest BCUT2D eigenvalue weighted by atomic mass is 9.43. The number of hydrogen-bond acceptors (Lipinski definition) is 0. The summed E-state index contributed by atoms with van der Waals surface area (Å²) in [4.78, 5) is 0. The van der Waals surface area contributed by atoms with Crippen molar-refractivity contribution in [3.8, 4) is 0 Å². The number of rotatable bonds is 0. The molecule has 0 N–H and O–H groups in total. The molecule has 0 aromatic heterocycles. The second kappa shape index (κ2) is 4.64. The lowest BCUT2D eigenvalue weighted by Gasteiger charge is -2.61. The molecule has 0 unspecified atom stereocenters. The first kappa shape index (κ1) is 15.7. The molecular formula is C23H34. The van der Waals surface area contributed by atoms with Crippen molar-refractivity contribution >= 4 is 0 Å². The molecule has 0 radical (unpaired) electrons. The first-order valence-electron chi connectivity index (χ1n) is 9.79. The molecule has 0 spiro atoms. The maximum absolute atomic E-state index is 2.66. The molecule has 2 saturated carbocycles. The van der Waals surface area contributed by atoms with E-state index in [-0.39, 0.29) is 0 Å². The molecule has 0 amide bonds. The lowest BCUT2D eigenvalue weighted by Crippen LogP contribution is -2.55. The van der Waals surface area contributed by atoms with Crippen LogP contribution in [0.5, 0.6) is 0 Å². The molecule has 1 aromatic rings. The van der Waals surface area contributed by atoms with Crippen LogP contribution in [0.4, 0.5) is 0 Å². The molecule has 3 aliphatic rings. The SMILES string of the molecule is Cc1cc(C)c2c(c1)C[C@H]1[C@@]3(C)CCCC(C)(C)[C@@H]3CC[C@]21C. The normalized spacial score (nSPS) is 41.1. The van der Waals surface area contributed by atoms with Gasteiger partial charge in [-0.05, 0) is 90.7 Å². The van der Waals surface area contributed by atoms with Crippen molar-refractivity contribution in [2.75, 3.05) is 0 Å². The van der Waals surface area contributed by atoms with Crippen LogP contribution in [0.1, 0.15) is 82.1 Å². The second-order valence-electron chi connectivity index (χ2n) is 10.2. The van der Waals surface area contributed by atoms with E-state index in [0.717, 1.165) is 11.8 Å². The Balaban J connectivity index is 1.84. The highest BCUT2D eigenvalue weighted by Gasteiger charge is 2.61. The molecule has 126 valence electrons.